The third-order valence-corrected chi connectivity index (χ3v) is 3.50. The molecule has 1 unspecified atom stereocenters. The maximum absolute atomic E-state index is 5.74. The van der Waals surface area contributed by atoms with Gasteiger partial charge in [0.05, 0.1) is 9.67 Å². The van der Waals surface area contributed by atoms with Crippen LogP contribution in [0.4, 0.5) is 5.69 Å². The molecule has 1 saturated heterocycles. The predicted octanol–water partition coefficient (Wildman–Crippen LogP) is 2.82. The average Bonchev–Trinajstić information content (AvgIpc) is 2.29. The van der Waals surface area contributed by atoms with Gasteiger partial charge < -0.3 is 15.2 Å². The highest BCUT2D eigenvalue weighted by Crippen LogP contribution is 2.24. The molecule has 88 valence electrons. The van der Waals surface area contributed by atoms with Crippen molar-refractivity contribution in [2.75, 3.05) is 18.9 Å². The summed E-state index contributed by atoms with van der Waals surface area (Å²) in [6.45, 7) is 1.51. The Hall–Kier alpha value is -0.490. The minimum absolute atomic E-state index is 0.252. The summed E-state index contributed by atoms with van der Waals surface area (Å²) in [7, 11) is 0. The Morgan fingerprint density at radius 2 is 2.31 bits per heavy atom. The lowest BCUT2D eigenvalue weighted by Crippen LogP contribution is -2.25. The largest absolute Gasteiger partial charge is 0.490 e. The zero-order chi connectivity index (χ0) is 11.4. The second-order valence-corrected chi connectivity index (χ2v) is 5.15. The molecule has 1 heterocycles. The Labute approximate surface area is 109 Å². The molecule has 1 aromatic rings. The molecule has 3 nitrogen and oxygen atoms in total. The van der Waals surface area contributed by atoms with Crippen LogP contribution in [0.2, 0.25) is 0 Å². The number of nitrogens with two attached hydrogens (primary N) is 1. The van der Waals surface area contributed by atoms with Gasteiger partial charge >= 0.3 is 0 Å². The van der Waals surface area contributed by atoms with Gasteiger partial charge in [-0.15, -0.1) is 0 Å². The first kappa shape index (κ1) is 12.0. The van der Waals surface area contributed by atoms with Gasteiger partial charge in [0.2, 0.25) is 0 Å². The first-order valence-corrected chi connectivity index (χ1v) is 6.63. The third-order valence-electron chi connectivity index (χ3n) is 2.65. The van der Waals surface area contributed by atoms with Crippen LogP contribution in [0.3, 0.4) is 0 Å². The number of hydrogen-bond donors (Lipinski definition) is 1. The topological polar surface area (TPSA) is 44.5 Å². The number of hydrogen-bond acceptors (Lipinski definition) is 3. The number of rotatable bonds is 3. The number of benzene rings is 1. The van der Waals surface area contributed by atoms with Crippen LogP contribution >= 0.6 is 22.6 Å². The lowest BCUT2D eigenvalue weighted by Gasteiger charge is -2.22. The van der Waals surface area contributed by atoms with E-state index in [0.717, 1.165) is 28.0 Å². The highest BCUT2D eigenvalue weighted by molar-refractivity contribution is 14.1. The predicted molar refractivity (Wildman–Crippen MR) is 72.7 cm³/mol. The van der Waals surface area contributed by atoms with Crippen molar-refractivity contribution in [2.45, 2.75) is 25.4 Å². The molecule has 0 radical (unpaired) electrons. The molecule has 0 spiro atoms. The summed E-state index contributed by atoms with van der Waals surface area (Å²) in [5.74, 6) is 0.893. The van der Waals surface area contributed by atoms with E-state index in [-0.39, 0.29) is 6.10 Å². The summed E-state index contributed by atoms with van der Waals surface area (Å²) in [4.78, 5) is 0. The second kappa shape index (κ2) is 5.72. The van der Waals surface area contributed by atoms with Gasteiger partial charge in [-0.25, -0.2) is 0 Å². The van der Waals surface area contributed by atoms with Crippen molar-refractivity contribution in [3.63, 3.8) is 0 Å². The van der Waals surface area contributed by atoms with Crippen molar-refractivity contribution < 1.29 is 9.47 Å². The van der Waals surface area contributed by atoms with Crippen LogP contribution in [0.1, 0.15) is 19.3 Å². The van der Waals surface area contributed by atoms with Crippen LogP contribution in [0.5, 0.6) is 5.75 Å². The van der Waals surface area contributed by atoms with Crippen LogP contribution < -0.4 is 10.5 Å². The number of halogens is 1. The van der Waals surface area contributed by atoms with E-state index in [2.05, 4.69) is 22.6 Å². The van der Waals surface area contributed by atoms with E-state index in [0.29, 0.717) is 6.61 Å². The molecule has 1 aliphatic heterocycles. The summed E-state index contributed by atoms with van der Waals surface area (Å²) in [6.07, 6.45) is 3.77. The summed E-state index contributed by atoms with van der Waals surface area (Å²) in [5.41, 5.74) is 6.45. The molecule has 0 aliphatic carbocycles. The maximum atomic E-state index is 5.74. The molecule has 4 heteroatoms. The highest BCUT2D eigenvalue weighted by Gasteiger charge is 2.14. The second-order valence-electron chi connectivity index (χ2n) is 3.99. The molecule has 1 fully saturated rings. The Bertz CT molecular complexity index is 351. The molecule has 2 N–H and O–H groups in total. The summed E-state index contributed by atoms with van der Waals surface area (Å²) in [5, 5.41) is 0. The van der Waals surface area contributed by atoms with Crippen LogP contribution in [0.15, 0.2) is 18.2 Å². The zero-order valence-corrected chi connectivity index (χ0v) is 11.3. The molecular formula is C12H16INO2. The van der Waals surface area contributed by atoms with E-state index < -0.39 is 0 Å². The molecular weight excluding hydrogens is 317 g/mol. The van der Waals surface area contributed by atoms with E-state index >= 15 is 0 Å². The standard InChI is InChI=1S/C12H16INO2/c13-11-7-9(14)4-5-12(11)16-8-10-3-1-2-6-15-10/h4-5,7,10H,1-3,6,8,14H2. The summed E-state index contributed by atoms with van der Waals surface area (Å²) < 4.78 is 12.4. The van der Waals surface area contributed by atoms with E-state index in [1.165, 1.54) is 12.8 Å². The summed E-state index contributed by atoms with van der Waals surface area (Å²) >= 11 is 2.23. The van der Waals surface area contributed by atoms with E-state index in [1.54, 1.807) is 0 Å². The van der Waals surface area contributed by atoms with Gasteiger partial charge in [0, 0.05) is 12.3 Å². The van der Waals surface area contributed by atoms with Gasteiger partial charge in [-0.05, 0) is 60.1 Å². The zero-order valence-electron chi connectivity index (χ0n) is 9.12. The first-order valence-electron chi connectivity index (χ1n) is 5.55. The van der Waals surface area contributed by atoms with Crippen molar-refractivity contribution in [1.29, 1.82) is 0 Å². The molecule has 2 rings (SSSR count). The van der Waals surface area contributed by atoms with Gasteiger partial charge in [-0.3, -0.25) is 0 Å². The lowest BCUT2D eigenvalue weighted by molar-refractivity contribution is -0.0112. The molecule has 1 atom stereocenters. The molecule has 0 saturated carbocycles. The Morgan fingerprint density at radius 3 is 3.00 bits per heavy atom. The number of ether oxygens (including phenoxy) is 2. The van der Waals surface area contributed by atoms with Crippen LogP contribution in [0.25, 0.3) is 0 Å². The van der Waals surface area contributed by atoms with Crippen molar-refractivity contribution in [3.8, 4) is 5.75 Å². The minimum Gasteiger partial charge on any atom is -0.490 e. The smallest absolute Gasteiger partial charge is 0.132 e. The average molecular weight is 333 g/mol. The highest BCUT2D eigenvalue weighted by atomic mass is 127. The van der Waals surface area contributed by atoms with E-state index in [9.17, 15) is 0 Å². The third kappa shape index (κ3) is 3.25. The molecule has 1 aromatic carbocycles. The Balaban J connectivity index is 1.88. The molecule has 0 amide bonds. The molecule has 0 aromatic heterocycles. The van der Waals surface area contributed by atoms with Crippen LogP contribution in [-0.4, -0.2) is 19.3 Å². The first-order chi connectivity index (χ1) is 7.75. The van der Waals surface area contributed by atoms with Crippen LogP contribution in [-0.2, 0) is 4.74 Å². The maximum Gasteiger partial charge on any atom is 0.132 e. The lowest BCUT2D eigenvalue weighted by atomic mass is 10.1. The van der Waals surface area contributed by atoms with Gasteiger partial charge in [0.25, 0.3) is 0 Å². The SMILES string of the molecule is Nc1ccc(OCC2CCCCO2)c(I)c1. The van der Waals surface area contributed by atoms with Gasteiger partial charge in [-0.1, -0.05) is 0 Å². The van der Waals surface area contributed by atoms with Crippen molar-refractivity contribution in [1.82, 2.24) is 0 Å². The quantitative estimate of drug-likeness (QED) is 0.683. The minimum atomic E-state index is 0.252. The van der Waals surface area contributed by atoms with Crippen molar-refractivity contribution in [2.24, 2.45) is 0 Å². The van der Waals surface area contributed by atoms with Crippen LogP contribution in [0, 0.1) is 3.57 Å². The number of anilines is 1. The Kier molecular flexibility index (Phi) is 4.29. The fourth-order valence-corrected chi connectivity index (χ4v) is 2.45. The molecule has 0 bridgehead atoms. The Morgan fingerprint density at radius 1 is 1.44 bits per heavy atom. The fourth-order valence-electron chi connectivity index (χ4n) is 1.76. The van der Waals surface area contributed by atoms with Crippen molar-refractivity contribution >= 4 is 28.3 Å². The van der Waals surface area contributed by atoms with Gasteiger partial charge in [0.15, 0.2) is 0 Å². The molecule has 1 aliphatic rings. The van der Waals surface area contributed by atoms with Crippen molar-refractivity contribution in [3.05, 3.63) is 21.8 Å². The monoisotopic (exact) mass is 333 g/mol. The van der Waals surface area contributed by atoms with Gasteiger partial charge in [0.1, 0.15) is 12.4 Å². The molecule has 16 heavy (non-hydrogen) atoms. The van der Waals surface area contributed by atoms with E-state index in [4.69, 9.17) is 15.2 Å². The van der Waals surface area contributed by atoms with Gasteiger partial charge in [-0.2, -0.15) is 0 Å². The summed E-state index contributed by atoms with van der Waals surface area (Å²) in [6, 6.07) is 5.69. The normalized spacial score (nSPS) is 20.7. The fraction of sp³-hybridized carbons (Fsp3) is 0.500. The number of nitrogen functional groups attached to an aromatic ring is 1. The van der Waals surface area contributed by atoms with E-state index in [1.807, 2.05) is 18.2 Å².